The highest BCUT2D eigenvalue weighted by Crippen LogP contribution is 1.86. The van der Waals surface area contributed by atoms with E-state index in [4.69, 9.17) is 4.74 Å². The lowest BCUT2D eigenvalue weighted by Crippen LogP contribution is -2.19. The van der Waals surface area contributed by atoms with Crippen LogP contribution in [0.2, 0.25) is 0 Å². The summed E-state index contributed by atoms with van der Waals surface area (Å²) in [6, 6.07) is 0.513. The topological polar surface area (TPSA) is 12.2 Å². The lowest BCUT2D eigenvalue weighted by atomic mass is 10.4. The molecule has 0 radical (unpaired) electrons. The van der Waals surface area contributed by atoms with Crippen molar-refractivity contribution in [1.82, 2.24) is 0 Å². The van der Waals surface area contributed by atoms with Crippen molar-refractivity contribution in [2.45, 2.75) is 39.8 Å². The normalized spacial score (nSPS) is 12.9. The van der Waals surface area contributed by atoms with Gasteiger partial charge in [0.1, 0.15) is 13.1 Å². The molecule has 0 heterocycles. The van der Waals surface area contributed by atoms with E-state index in [0.717, 1.165) is 0 Å². The molecule has 0 aromatic carbocycles. The van der Waals surface area contributed by atoms with Crippen LogP contribution in [0.3, 0.4) is 0 Å². The highest BCUT2D eigenvalue weighted by atomic mass is 16.5. The Morgan fingerprint density at radius 1 is 1.20 bits per heavy atom. The Kier molecular flexibility index (Phi) is 4.08. The summed E-state index contributed by atoms with van der Waals surface area (Å²) < 4.78 is 7.31. The zero-order chi connectivity index (χ0) is 8.15. The minimum Gasteiger partial charge on any atom is -0.448 e. The molecule has 0 aliphatic carbocycles. The first-order chi connectivity index (χ1) is 4.54. The number of ether oxygens (including phenoxy) is 1. The van der Waals surface area contributed by atoms with Crippen molar-refractivity contribution in [1.29, 1.82) is 0 Å². The van der Waals surface area contributed by atoms with E-state index in [1.807, 2.05) is 25.5 Å². The lowest BCUT2D eigenvalue weighted by Gasteiger charge is -2.03. The average molecular weight is 144 g/mol. The van der Waals surface area contributed by atoms with Crippen molar-refractivity contribution < 1.29 is 9.31 Å². The zero-order valence-electron chi connectivity index (χ0n) is 7.59. The number of nitrogens with zero attached hydrogens (tertiary/aromatic N) is 1. The van der Waals surface area contributed by atoms with Crippen molar-refractivity contribution in [3.05, 3.63) is 0 Å². The third kappa shape index (κ3) is 4.36. The molecule has 0 atom stereocenters. The summed E-state index contributed by atoms with van der Waals surface area (Å²) >= 11 is 0. The third-order valence-corrected chi connectivity index (χ3v) is 1.31. The van der Waals surface area contributed by atoms with E-state index >= 15 is 0 Å². The smallest absolute Gasteiger partial charge is 0.323 e. The Morgan fingerprint density at radius 2 is 1.70 bits per heavy atom. The molecule has 0 rings (SSSR count). The third-order valence-electron chi connectivity index (χ3n) is 1.31. The lowest BCUT2D eigenvalue weighted by molar-refractivity contribution is -0.533. The van der Waals surface area contributed by atoms with Crippen LogP contribution in [0.5, 0.6) is 0 Å². The van der Waals surface area contributed by atoms with Gasteiger partial charge in [0.2, 0.25) is 0 Å². The maximum Gasteiger partial charge on any atom is 0.323 e. The average Bonchev–Trinajstić information content (AvgIpc) is 1.82. The minimum atomic E-state index is 0.279. The van der Waals surface area contributed by atoms with Gasteiger partial charge in [0.05, 0.1) is 6.10 Å². The van der Waals surface area contributed by atoms with Gasteiger partial charge in [0.25, 0.3) is 0 Å². The van der Waals surface area contributed by atoms with Gasteiger partial charge in [-0.1, -0.05) is 0 Å². The van der Waals surface area contributed by atoms with Crippen LogP contribution in [0.15, 0.2) is 0 Å². The van der Waals surface area contributed by atoms with E-state index < -0.39 is 0 Å². The van der Waals surface area contributed by atoms with E-state index in [1.165, 1.54) is 0 Å². The van der Waals surface area contributed by atoms with E-state index in [0.29, 0.717) is 6.04 Å². The predicted molar refractivity (Wildman–Crippen MR) is 43.6 cm³/mol. The fourth-order valence-electron chi connectivity index (χ4n) is 0.339. The molecule has 0 fully saturated rings. The Balaban J connectivity index is 3.69. The van der Waals surface area contributed by atoms with Crippen LogP contribution < -0.4 is 0 Å². The Bertz CT molecular complexity index is 116. The summed E-state index contributed by atoms with van der Waals surface area (Å²) in [4.78, 5) is 0. The van der Waals surface area contributed by atoms with Gasteiger partial charge in [-0.2, -0.15) is 0 Å². The molecule has 0 aromatic rings. The predicted octanol–water partition coefficient (Wildman–Crippen LogP) is 1.49. The van der Waals surface area contributed by atoms with Gasteiger partial charge in [0.15, 0.2) is 0 Å². The van der Waals surface area contributed by atoms with Crippen LogP contribution in [0.25, 0.3) is 0 Å². The summed E-state index contributed by atoms with van der Waals surface area (Å²) in [5.74, 6) is 0. The van der Waals surface area contributed by atoms with E-state index in [2.05, 4.69) is 13.8 Å². The molecule has 0 saturated carbocycles. The van der Waals surface area contributed by atoms with Crippen LogP contribution >= 0.6 is 0 Å². The van der Waals surface area contributed by atoms with Gasteiger partial charge in [-0.15, -0.1) is 0 Å². The second-order valence-corrected chi connectivity index (χ2v) is 3.05. The fraction of sp³-hybridized carbons (Fsp3) is 0.875. The fourth-order valence-corrected chi connectivity index (χ4v) is 0.339. The van der Waals surface area contributed by atoms with Crippen molar-refractivity contribution >= 4 is 6.40 Å². The highest BCUT2D eigenvalue weighted by Gasteiger charge is 2.01. The highest BCUT2D eigenvalue weighted by molar-refractivity contribution is 5.39. The molecule has 2 nitrogen and oxygen atoms in total. The molecule has 0 N–H and O–H groups in total. The molecule has 0 amide bonds. The zero-order valence-corrected chi connectivity index (χ0v) is 7.59. The van der Waals surface area contributed by atoms with Crippen molar-refractivity contribution in [3.63, 3.8) is 0 Å². The molecular formula is C8H18NO+. The van der Waals surface area contributed by atoms with Crippen molar-refractivity contribution in [3.8, 4) is 0 Å². The minimum absolute atomic E-state index is 0.279. The van der Waals surface area contributed by atoms with Gasteiger partial charge >= 0.3 is 6.40 Å². The summed E-state index contributed by atoms with van der Waals surface area (Å²) in [6.07, 6.45) is 2.05. The Morgan fingerprint density at radius 3 is 2.00 bits per heavy atom. The molecule has 0 aliphatic heterocycles. The second-order valence-electron chi connectivity index (χ2n) is 3.05. The van der Waals surface area contributed by atoms with Gasteiger partial charge in [-0.25, -0.2) is 4.58 Å². The van der Waals surface area contributed by atoms with Crippen molar-refractivity contribution in [2.75, 3.05) is 7.05 Å². The number of hydrogen-bond acceptors (Lipinski definition) is 1. The molecule has 10 heavy (non-hydrogen) atoms. The number of rotatable bonds is 3. The molecule has 0 spiro atoms. The quantitative estimate of drug-likeness (QED) is 0.332. The monoisotopic (exact) mass is 144 g/mol. The van der Waals surface area contributed by atoms with Crippen LogP contribution in [-0.4, -0.2) is 30.2 Å². The van der Waals surface area contributed by atoms with Crippen LogP contribution in [0.1, 0.15) is 27.7 Å². The maximum absolute atomic E-state index is 5.27. The molecule has 2 heteroatoms. The first-order valence-electron chi connectivity index (χ1n) is 3.74. The SMILES string of the molecule is CC(C)OC=[N+](C)C(C)C. The summed E-state index contributed by atoms with van der Waals surface area (Å²) in [6.45, 7) is 8.29. The Labute approximate surface area is 63.5 Å². The van der Waals surface area contributed by atoms with E-state index in [-0.39, 0.29) is 6.10 Å². The molecular weight excluding hydrogens is 126 g/mol. The van der Waals surface area contributed by atoms with Gasteiger partial charge in [-0.3, -0.25) is 0 Å². The molecule has 0 aliphatic rings. The molecule has 0 saturated heterocycles. The summed E-state index contributed by atoms with van der Waals surface area (Å²) in [5.41, 5.74) is 0. The van der Waals surface area contributed by atoms with Gasteiger partial charge in [-0.05, 0) is 27.7 Å². The standard InChI is InChI=1S/C8H18NO/c1-7(2)9(5)6-10-8(3)4/h6-8H,1-5H3/q+1. The largest absolute Gasteiger partial charge is 0.448 e. The van der Waals surface area contributed by atoms with Crippen LogP contribution in [0, 0.1) is 0 Å². The molecule has 0 bridgehead atoms. The maximum atomic E-state index is 5.27. The van der Waals surface area contributed by atoms with E-state index in [1.54, 1.807) is 6.40 Å². The molecule has 0 aromatic heterocycles. The second kappa shape index (κ2) is 4.31. The number of hydrogen-bond donors (Lipinski definition) is 0. The van der Waals surface area contributed by atoms with E-state index in [9.17, 15) is 0 Å². The van der Waals surface area contributed by atoms with Crippen LogP contribution in [0.4, 0.5) is 0 Å². The van der Waals surface area contributed by atoms with Crippen LogP contribution in [-0.2, 0) is 4.74 Å². The molecule has 0 unspecified atom stereocenters. The summed E-state index contributed by atoms with van der Waals surface area (Å²) in [5, 5.41) is 0. The van der Waals surface area contributed by atoms with Gasteiger partial charge in [0, 0.05) is 0 Å². The first kappa shape index (κ1) is 9.47. The Hall–Kier alpha value is -0.530. The first-order valence-corrected chi connectivity index (χ1v) is 3.74. The molecule has 60 valence electrons. The van der Waals surface area contributed by atoms with Crippen molar-refractivity contribution in [2.24, 2.45) is 0 Å². The van der Waals surface area contributed by atoms with Gasteiger partial charge < -0.3 is 4.74 Å². The summed E-state index contributed by atoms with van der Waals surface area (Å²) in [7, 11) is 2.01.